The van der Waals surface area contributed by atoms with Gasteiger partial charge in [0.05, 0.1) is 18.3 Å². The SMILES string of the molecule is C#CCN1CCCCC1C(=O)Nc1nc2c(s1)CN(Cc1ccccc1)CC2. The summed E-state index contributed by atoms with van der Waals surface area (Å²) in [7, 11) is 0. The molecule has 1 fully saturated rings. The van der Waals surface area contributed by atoms with E-state index in [1.54, 1.807) is 11.3 Å². The van der Waals surface area contributed by atoms with Gasteiger partial charge in [0, 0.05) is 30.9 Å². The number of fused-ring (bicyclic) bond motifs is 1. The van der Waals surface area contributed by atoms with Gasteiger partial charge in [0.25, 0.3) is 0 Å². The Labute approximate surface area is 170 Å². The van der Waals surface area contributed by atoms with Gasteiger partial charge in [0.2, 0.25) is 5.91 Å². The molecule has 4 rings (SSSR count). The first kappa shape index (κ1) is 19.1. The van der Waals surface area contributed by atoms with Gasteiger partial charge in [0.15, 0.2) is 5.13 Å². The maximum Gasteiger partial charge on any atom is 0.243 e. The minimum Gasteiger partial charge on any atom is -0.301 e. The average Bonchev–Trinajstić information content (AvgIpc) is 3.11. The second kappa shape index (κ2) is 8.87. The quantitative estimate of drug-likeness (QED) is 0.792. The van der Waals surface area contributed by atoms with Gasteiger partial charge in [-0.2, -0.15) is 0 Å². The molecule has 1 N–H and O–H groups in total. The molecule has 5 nitrogen and oxygen atoms in total. The molecule has 0 radical (unpaired) electrons. The minimum absolute atomic E-state index is 0.0298. The van der Waals surface area contributed by atoms with E-state index >= 15 is 0 Å². The van der Waals surface area contributed by atoms with Crippen LogP contribution < -0.4 is 5.32 Å². The van der Waals surface area contributed by atoms with E-state index in [2.05, 4.69) is 45.3 Å². The lowest BCUT2D eigenvalue weighted by Crippen LogP contribution is -2.47. The predicted octanol–water partition coefficient (Wildman–Crippen LogP) is 3.13. The van der Waals surface area contributed by atoms with Crippen molar-refractivity contribution in [2.24, 2.45) is 0 Å². The van der Waals surface area contributed by atoms with Crippen molar-refractivity contribution in [2.45, 2.75) is 44.8 Å². The zero-order chi connectivity index (χ0) is 19.3. The number of nitrogens with one attached hydrogen (secondary N) is 1. The number of carbonyl (C=O) groups is 1. The Bertz CT molecular complexity index is 857. The molecule has 146 valence electrons. The first-order valence-electron chi connectivity index (χ1n) is 9.96. The first-order chi connectivity index (χ1) is 13.7. The number of carbonyl (C=O) groups excluding carboxylic acids is 1. The number of aromatic nitrogens is 1. The number of terminal acetylenes is 1. The molecule has 1 amide bonds. The number of nitrogens with zero attached hydrogens (tertiary/aromatic N) is 3. The van der Waals surface area contributed by atoms with Crippen LogP contribution in [0.25, 0.3) is 0 Å². The molecule has 2 aromatic rings. The normalized spacial score (nSPS) is 20.3. The molecule has 1 aromatic carbocycles. The fourth-order valence-corrected chi connectivity index (χ4v) is 5.12. The molecule has 6 heteroatoms. The standard InChI is InChI=1S/C22H26N4OS/c1-2-12-26-13-7-6-10-19(26)21(27)24-22-23-18-11-14-25(16-20(18)28-22)15-17-8-4-3-5-9-17/h1,3-5,8-9,19H,6-7,10-16H2,(H,23,24,27). The highest BCUT2D eigenvalue weighted by Crippen LogP contribution is 2.29. The van der Waals surface area contributed by atoms with Crippen LogP contribution in [0.5, 0.6) is 0 Å². The van der Waals surface area contributed by atoms with Crippen LogP contribution in [-0.4, -0.2) is 46.4 Å². The number of hydrogen-bond acceptors (Lipinski definition) is 5. The highest BCUT2D eigenvalue weighted by molar-refractivity contribution is 7.15. The van der Waals surface area contributed by atoms with Crippen molar-refractivity contribution in [2.75, 3.05) is 25.0 Å². The molecule has 1 aromatic heterocycles. The molecule has 2 aliphatic rings. The second-order valence-corrected chi connectivity index (χ2v) is 8.59. The van der Waals surface area contributed by atoms with Gasteiger partial charge in [-0.05, 0) is 24.9 Å². The minimum atomic E-state index is -0.139. The van der Waals surface area contributed by atoms with E-state index in [4.69, 9.17) is 11.4 Å². The van der Waals surface area contributed by atoms with Crippen molar-refractivity contribution in [3.8, 4) is 12.3 Å². The predicted molar refractivity (Wildman–Crippen MR) is 113 cm³/mol. The summed E-state index contributed by atoms with van der Waals surface area (Å²) < 4.78 is 0. The Hall–Kier alpha value is -2.20. The molecule has 0 bridgehead atoms. The van der Waals surface area contributed by atoms with E-state index in [0.717, 1.165) is 62.7 Å². The van der Waals surface area contributed by atoms with Crippen LogP contribution in [0.2, 0.25) is 0 Å². The number of hydrogen-bond donors (Lipinski definition) is 1. The number of anilines is 1. The summed E-state index contributed by atoms with van der Waals surface area (Å²) in [5.41, 5.74) is 2.46. The maximum atomic E-state index is 12.8. The molecular weight excluding hydrogens is 368 g/mol. The lowest BCUT2D eigenvalue weighted by molar-refractivity contribution is -0.122. The van der Waals surface area contributed by atoms with Crippen LogP contribution in [0.15, 0.2) is 30.3 Å². The Morgan fingerprint density at radius 2 is 2.14 bits per heavy atom. The molecule has 0 spiro atoms. The summed E-state index contributed by atoms with van der Waals surface area (Å²) >= 11 is 1.61. The number of likely N-dealkylation sites (tertiary alicyclic amines) is 1. The van der Waals surface area contributed by atoms with E-state index in [1.807, 2.05) is 6.07 Å². The van der Waals surface area contributed by atoms with Crippen molar-refractivity contribution < 1.29 is 4.79 Å². The third-order valence-corrected chi connectivity index (χ3v) is 6.50. The zero-order valence-electron chi connectivity index (χ0n) is 16.1. The van der Waals surface area contributed by atoms with Gasteiger partial charge < -0.3 is 5.32 Å². The highest BCUT2D eigenvalue weighted by Gasteiger charge is 2.29. The van der Waals surface area contributed by atoms with E-state index < -0.39 is 0 Å². The van der Waals surface area contributed by atoms with E-state index in [-0.39, 0.29) is 11.9 Å². The Kier molecular flexibility index (Phi) is 6.06. The first-order valence-corrected chi connectivity index (χ1v) is 10.8. The lowest BCUT2D eigenvalue weighted by atomic mass is 10.0. The number of rotatable bonds is 5. The van der Waals surface area contributed by atoms with Gasteiger partial charge in [-0.1, -0.05) is 42.7 Å². The van der Waals surface area contributed by atoms with Crippen molar-refractivity contribution >= 4 is 22.4 Å². The van der Waals surface area contributed by atoms with Gasteiger partial charge >= 0.3 is 0 Å². The third-order valence-electron chi connectivity index (χ3n) is 5.50. The molecular formula is C22H26N4OS. The summed E-state index contributed by atoms with van der Waals surface area (Å²) in [5.74, 6) is 2.71. The van der Waals surface area contributed by atoms with Crippen LogP contribution >= 0.6 is 11.3 Å². The molecule has 1 unspecified atom stereocenters. The number of benzene rings is 1. The number of piperidine rings is 1. The summed E-state index contributed by atoms with van der Waals surface area (Å²) in [6, 6.07) is 10.4. The van der Waals surface area contributed by atoms with Gasteiger partial charge in [-0.15, -0.1) is 17.8 Å². The second-order valence-electron chi connectivity index (χ2n) is 7.51. The molecule has 1 atom stereocenters. The van der Waals surface area contributed by atoms with Crippen LogP contribution in [0, 0.1) is 12.3 Å². The van der Waals surface area contributed by atoms with E-state index in [9.17, 15) is 4.79 Å². The molecule has 1 saturated heterocycles. The number of thiazole rings is 1. The maximum absolute atomic E-state index is 12.8. The molecule has 0 aliphatic carbocycles. The summed E-state index contributed by atoms with van der Waals surface area (Å²) in [4.78, 5) is 23.3. The largest absolute Gasteiger partial charge is 0.301 e. The monoisotopic (exact) mass is 394 g/mol. The zero-order valence-corrected chi connectivity index (χ0v) is 16.9. The van der Waals surface area contributed by atoms with Crippen molar-refractivity contribution in [3.05, 3.63) is 46.5 Å². The Balaban J connectivity index is 1.39. The molecule has 0 saturated carbocycles. The van der Waals surface area contributed by atoms with E-state index in [0.29, 0.717) is 6.54 Å². The van der Waals surface area contributed by atoms with Gasteiger partial charge in [-0.25, -0.2) is 4.98 Å². The lowest BCUT2D eigenvalue weighted by Gasteiger charge is -2.32. The summed E-state index contributed by atoms with van der Waals surface area (Å²) in [5, 5.41) is 3.79. The molecule has 28 heavy (non-hydrogen) atoms. The summed E-state index contributed by atoms with van der Waals surface area (Å²) in [6.07, 6.45) is 9.44. The average molecular weight is 395 g/mol. The number of amides is 1. The topological polar surface area (TPSA) is 48.5 Å². The van der Waals surface area contributed by atoms with Gasteiger partial charge in [-0.3, -0.25) is 14.6 Å². The summed E-state index contributed by atoms with van der Waals surface area (Å²) in [6.45, 7) is 4.26. The van der Waals surface area contributed by atoms with Crippen molar-refractivity contribution in [3.63, 3.8) is 0 Å². The van der Waals surface area contributed by atoms with Gasteiger partial charge in [0.1, 0.15) is 0 Å². The molecule has 3 heterocycles. The fourth-order valence-electron chi connectivity index (χ4n) is 4.06. The van der Waals surface area contributed by atoms with Crippen molar-refractivity contribution in [1.29, 1.82) is 0 Å². The van der Waals surface area contributed by atoms with Crippen molar-refractivity contribution in [1.82, 2.24) is 14.8 Å². The Morgan fingerprint density at radius 3 is 2.96 bits per heavy atom. The fraction of sp³-hybridized carbons (Fsp3) is 0.455. The third kappa shape index (κ3) is 4.44. The highest BCUT2D eigenvalue weighted by atomic mass is 32.1. The smallest absolute Gasteiger partial charge is 0.243 e. The van der Waals surface area contributed by atoms with Crippen LogP contribution in [-0.2, 0) is 24.3 Å². The van der Waals surface area contributed by atoms with Crippen LogP contribution in [0.3, 0.4) is 0 Å². The molecule has 2 aliphatic heterocycles. The van der Waals surface area contributed by atoms with E-state index in [1.165, 1.54) is 10.4 Å². The van der Waals surface area contributed by atoms with Crippen LogP contribution in [0.4, 0.5) is 5.13 Å². The Morgan fingerprint density at radius 1 is 1.29 bits per heavy atom. The van der Waals surface area contributed by atoms with Crippen LogP contribution in [0.1, 0.15) is 35.4 Å².